The zero-order chi connectivity index (χ0) is 18.3. The fraction of sp³-hybridized carbons (Fsp3) is 0. The lowest BCUT2D eigenvalue weighted by atomic mass is 10.0. The van der Waals surface area contributed by atoms with Crippen LogP contribution in [0.5, 0.6) is 11.5 Å². The Bertz CT molecular complexity index is 1130. The highest BCUT2D eigenvalue weighted by Crippen LogP contribution is 2.40. The third-order valence-corrected chi connectivity index (χ3v) is 5.23. The Balaban J connectivity index is 1.88. The van der Waals surface area contributed by atoms with Crippen LogP contribution in [0, 0.1) is 5.82 Å². The molecule has 0 radical (unpaired) electrons. The Morgan fingerprint density at radius 3 is 2.54 bits per heavy atom. The first kappa shape index (κ1) is 17.1. The van der Waals surface area contributed by atoms with E-state index in [1.807, 2.05) is 36.4 Å². The van der Waals surface area contributed by atoms with E-state index in [1.54, 1.807) is 0 Å². The van der Waals surface area contributed by atoms with E-state index in [-0.39, 0.29) is 5.02 Å². The maximum Gasteiger partial charge on any atom is 0.181 e. The van der Waals surface area contributed by atoms with E-state index in [0.717, 1.165) is 21.3 Å². The maximum absolute atomic E-state index is 13.3. The van der Waals surface area contributed by atoms with Crippen LogP contribution in [0.3, 0.4) is 0 Å². The molecule has 0 bridgehead atoms. The largest absolute Gasteiger partial charge is 0.456 e. The number of thiazole rings is 1. The van der Waals surface area contributed by atoms with E-state index in [1.165, 1.54) is 29.5 Å². The van der Waals surface area contributed by atoms with E-state index in [4.69, 9.17) is 33.7 Å². The predicted molar refractivity (Wildman–Crippen MR) is 106 cm³/mol. The average Bonchev–Trinajstić information content (AvgIpc) is 2.97. The second-order valence-corrected chi connectivity index (χ2v) is 7.40. The minimum Gasteiger partial charge on any atom is -0.456 e. The summed E-state index contributed by atoms with van der Waals surface area (Å²) >= 11 is 13.8. The number of fused-ring (bicyclic) bond motifs is 1. The Kier molecular flexibility index (Phi) is 4.44. The SMILES string of the molecule is Nc1nc2c(-c3ccccc3Cl)cc(Oc3ccc(F)cc3Cl)cc2s1. The topological polar surface area (TPSA) is 48.1 Å². The van der Waals surface area contributed by atoms with Crippen LogP contribution in [-0.4, -0.2) is 4.98 Å². The number of benzene rings is 3. The maximum atomic E-state index is 13.3. The standard InChI is InChI=1S/C19H11Cl2FN2OS/c20-14-4-2-1-3-12(14)13-8-11(9-17-18(13)24-19(23)26-17)25-16-6-5-10(22)7-15(16)21/h1-9H,(H2,23,24). The zero-order valence-corrected chi connectivity index (χ0v) is 15.5. The van der Waals surface area contributed by atoms with Gasteiger partial charge in [-0.15, -0.1) is 0 Å². The van der Waals surface area contributed by atoms with Crippen molar-refractivity contribution in [3.8, 4) is 22.6 Å². The van der Waals surface area contributed by atoms with Gasteiger partial charge in [0, 0.05) is 22.2 Å². The lowest BCUT2D eigenvalue weighted by Crippen LogP contribution is -1.89. The molecule has 0 spiro atoms. The first-order chi connectivity index (χ1) is 12.5. The van der Waals surface area contributed by atoms with Gasteiger partial charge in [-0.05, 0) is 30.3 Å². The summed E-state index contributed by atoms with van der Waals surface area (Å²) < 4.78 is 20.0. The van der Waals surface area contributed by atoms with Gasteiger partial charge in [0.2, 0.25) is 0 Å². The summed E-state index contributed by atoms with van der Waals surface area (Å²) in [7, 11) is 0. The van der Waals surface area contributed by atoms with Gasteiger partial charge in [0.25, 0.3) is 0 Å². The van der Waals surface area contributed by atoms with Crippen LogP contribution >= 0.6 is 34.5 Å². The number of aromatic nitrogens is 1. The van der Waals surface area contributed by atoms with Gasteiger partial charge in [-0.2, -0.15) is 0 Å². The van der Waals surface area contributed by atoms with Crippen molar-refractivity contribution < 1.29 is 9.13 Å². The summed E-state index contributed by atoms with van der Waals surface area (Å²) in [6.07, 6.45) is 0. The summed E-state index contributed by atoms with van der Waals surface area (Å²) in [5.74, 6) is 0.462. The van der Waals surface area contributed by atoms with Crippen LogP contribution in [-0.2, 0) is 0 Å². The third-order valence-electron chi connectivity index (χ3n) is 3.77. The van der Waals surface area contributed by atoms with E-state index in [2.05, 4.69) is 4.98 Å². The molecule has 0 unspecified atom stereocenters. The molecule has 3 aromatic carbocycles. The molecule has 2 N–H and O–H groups in total. The van der Waals surface area contributed by atoms with Crippen molar-refractivity contribution in [2.24, 2.45) is 0 Å². The average molecular weight is 405 g/mol. The zero-order valence-electron chi connectivity index (χ0n) is 13.2. The number of hydrogen-bond donors (Lipinski definition) is 1. The Morgan fingerprint density at radius 1 is 0.962 bits per heavy atom. The molecular formula is C19H11Cl2FN2OS. The quantitative estimate of drug-likeness (QED) is 0.409. The molecular weight excluding hydrogens is 394 g/mol. The molecule has 130 valence electrons. The van der Waals surface area contributed by atoms with Gasteiger partial charge in [0.15, 0.2) is 5.13 Å². The van der Waals surface area contributed by atoms with Gasteiger partial charge in [-0.25, -0.2) is 9.37 Å². The Hall–Kier alpha value is -2.34. The van der Waals surface area contributed by atoms with Crippen molar-refractivity contribution >= 4 is 49.9 Å². The number of rotatable bonds is 3. The summed E-state index contributed by atoms with van der Waals surface area (Å²) in [5.41, 5.74) is 8.26. The number of ether oxygens (including phenoxy) is 1. The summed E-state index contributed by atoms with van der Waals surface area (Å²) in [4.78, 5) is 4.41. The summed E-state index contributed by atoms with van der Waals surface area (Å²) in [6, 6.07) is 15.1. The van der Waals surface area contributed by atoms with E-state index < -0.39 is 5.82 Å². The molecule has 26 heavy (non-hydrogen) atoms. The summed E-state index contributed by atoms with van der Waals surface area (Å²) in [5, 5.41) is 1.23. The number of hydrogen-bond acceptors (Lipinski definition) is 4. The molecule has 3 nitrogen and oxygen atoms in total. The van der Waals surface area contributed by atoms with Gasteiger partial charge >= 0.3 is 0 Å². The lowest BCUT2D eigenvalue weighted by molar-refractivity contribution is 0.482. The van der Waals surface area contributed by atoms with E-state index in [9.17, 15) is 4.39 Å². The number of anilines is 1. The number of nitrogens with two attached hydrogens (primary N) is 1. The molecule has 0 saturated heterocycles. The van der Waals surface area contributed by atoms with Crippen LogP contribution in [0.1, 0.15) is 0 Å². The van der Waals surface area contributed by atoms with E-state index >= 15 is 0 Å². The smallest absolute Gasteiger partial charge is 0.181 e. The molecule has 0 amide bonds. The first-order valence-corrected chi connectivity index (χ1v) is 9.16. The normalized spacial score (nSPS) is 11.0. The van der Waals surface area contributed by atoms with Crippen molar-refractivity contribution in [2.75, 3.05) is 5.73 Å². The second kappa shape index (κ2) is 6.76. The Labute approximate surface area is 162 Å². The minimum atomic E-state index is -0.426. The van der Waals surface area contributed by atoms with Gasteiger partial charge in [0.1, 0.15) is 17.3 Å². The predicted octanol–water partition coefficient (Wildman–Crippen LogP) is 6.78. The molecule has 0 aliphatic heterocycles. The van der Waals surface area contributed by atoms with Crippen molar-refractivity contribution in [2.45, 2.75) is 0 Å². The molecule has 1 heterocycles. The molecule has 0 aliphatic rings. The Morgan fingerprint density at radius 2 is 1.77 bits per heavy atom. The second-order valence-electron chi connectivity index (χ2n) is 5.53. The highest BCUT2D eigenvalue weighted by atomic mass is 35.5. The van der Waals surface area contributed by atoms with Gasteiger partial charge in [0.05, 0.1) is 15.2 Å². The monoisotopic (exact) mass is 404 g/mol. The van der Waals surface area contributed by atoms with Crippen molar-refractivity contribution in [1.82, 2.24) is 4.98 Å². The van der Waals surface area contributed by atoms with Gasteiger partial charge in [-0.1, -0.05) is 52.7 Å². The molecule has 7 heteroatoms. The molecule has 0 aliphatic carbocycles. The fourth-order valence-corrected chi connectivity index (χ4v) is 3.88. The highest BCUT2D eigenvalue weighted by Gasteiger charge is 2.15. The first-order valence-electron chi connectivity index (χ1n) is 7.59. The van der Waals surface area contributed by atoms with E-state index in [0.29, 0.717) is 21.7 Å². The molecule has 0 saturated carbocycles. The molecule has 4 aromatic rings. The van der Waals surface area contributed by atoms with Gasteiger partial charge < -0.3 is 10.5 Å². The lowest BCUT2D eigenvalue weighted by Gasteiger charge is -2.11. The minimum absolute atomic E-state index is 0.188. The van der Waals surface area contributed by atoms with Crippen LogP contribution in [0.2, 0.25) is 10.0 Å². The van der Waals surface area contributed by atoms with Crippen LogP contribution in [0.25, 0.3) is 21.3 Å². The molecule has 0 fully saturated rings. The van der Waals surface area contributed by atoms with Crippen LogP contribution < -0.4 is 10.5 Å². The molecule has 4 rings (SSSR count). The molecule has 0 atom stereocenters. The fourth-order valence-electron chi connectivity index (χ4n) is 2.65. The van der Waals surface area contributed by atoms with Crippen molar-refractivity contribution in [3.05, 3.63) is 70.5 Å². The number of nitrogens with zero attached hydrogens (tertiary/aromatic N) is 1. The molecule has 1 aromatic heterocycles. The van der Waals surface area contributed by atoms with Crippen LogP contribution in [0.15, 0.2) is 54.6 Å². The summed E-state index contributed by atoms with van der Waals surface area (Å²) in [6.45, 7) is 0. The third kappa shape index (κ3) is 3.21. The number of nitrogen functional groups attached to an aromatic ring is 1. The van der Waals surface area contributed by atoms with Gasteiger partial charge in [-0.3, -0.25) is 0 Å². The number of halogens is 3. The van der Waals surface area contributed by atoms with Crippen molar-refractivity contribution in [3.63, 3.8) is 0 Å². The van der Waals surface area contributed by atoms with Crippen molar-refractivity contribution in [1.29, 1.82) is 0 Å². The highest BCUT2D eigenvalue weighted by molar-refractivity contribution is 7.22. The van der Waals surface area contributed by atoms with Crippen LogP contribution in [0.4, 0.5) is 9.52 Å².